The lowest BCUT2D eigenvalue weighted by Crippen LogP contribution is -1.76. The first-order chi connectivity index (χ1) is 6.29. The standard InChI is InChI=1S/C8H4BrNOS2/c9-5-1-7(12-3-5)6-4-13-8(2-11)10-6/h1-4H. The number of thiophene rings is 1. The second-order valence-electron chi connectivity index (χ2n) is 2.32. The molecule has 0 radical (unpaired) electrons. The van der Waals surface area contributed by atoms with Crippen LogP contribution >= 0.6 is 38.6 Å². The number of halogens is 1. The van der Waals surface area contributed by atoms with Crippen molar-refractivity contribution in [1.29, 1.82) is 0 Å². The van der Waals surface area contributed by atoms with Crippen molar-refractivity contribution in [3.8, 4) is 10.6 Å². The normalized spacial score (nSPS) is 10.2. The van der Waals surface area contributed by atoms with Crippen LogP contribution in [0.2, 0.25) is 0 Å². The molecule has 2 nitrogen and oxygen atoms in total. The first-order valence-electron chi connectivity index (χ1n) is 3.44. The Morgan fingerprint density at radius 2 is 2.23 bits per heavy atom. The van der Waals surface area contributed by atoms with Gasteiger partial charge in [0.2, 0.25) is 0 Å². The van der Waals surface area contributed by atoms with E-state index in [4.69, 9.17) is 0 Å². The Morgan fingerprint density at radius 1 is 1.38 bits per heavy atom. The zero-order chi connectivity index (χ0) is 9.26. The van der Waals surface area contributed by atoms with E-state index in [-0.39, 0.29) is 0 Å². The Bertz CT molecular complexity index is 435. The van der Waals surface area contributed by atoms with E-state index in [2.05, 4.69) is 20.9 Å². The number of aromatic nitrogens is 1. The molecule has 0 saturated heterocycles. The van der Waals surface area contributed by atoms with E-state index in [1.807, 2.05) is 16.8 Å². The first kappa shape index (κ1) is 9.05. The van der Waals surface area contributed by atoms with E-state index in [1.54, 1.807) is 11.3 Å². The van der Waals surface area contributed by atoms with Crippen LogP contribution in [0.4, 0.5) is 0 Å². The molecule has 0 aliphatic carbocycles. The van der Waals surface area contributed by atoms with Crippen LogP contribution in [0.25, 0.3) is 10.6 Å². The fraction of sp³-hybridized carbons (Fsp3) is 0. The molecule has 2 aromatic rings. The Labute approximate surface area is 91.4 Å². The highest BCUT2D eigenvalue weighted by Crippen LogP contribution is 2.30. The maximum Gasteiger partial charge on any atom is 0.178 e. The fourth-order valence-corrected chi connectivity index (χ4v) is 2.98. The minimum atomic E-state index is 0.527. The van der Waals surface area contributed by atoms with Crippen LogP contribution in [0, 0.1) is 0 Å². The summed E-state index contributed by atoms with van der Waals surface area (Å²) in [5, 5.41) is 4.41. The van der Waals surface area contributed by atoms with E-state index in [0.29, 0.717) is 5.01 Å². The predicted octanol–water partition coefficient (Wildman–Crippen LogP) is 3.45. The molecular weight excluding hydrogens is 270 g/mol. The molecule has 2 heterocycles. The second-order valence-corrected chi connectivity index (χ2v) is 5.03. The maximum absolute atomic E-state index is 10.4. The average molecular weight is 274 g/mol. The van der Waals surface area contributed by atoms with Crippen molar-refractivity contribution in [2.24, 2.45) is 0 Å². The Balaban J connectivity index is 2.40. The lowest BCUT2D eigenvalue weighted by atomic mass is 10.4. The SMILES string of the molecule is O=Cc1nc(-c2cc(Br)cs2)cs1. The number of thiazole rings is 1. The molecule has 0 N–H and O–H groups in total. The van der Waals surface area contributed by atoms with Crippen LogP contribution in [0.5, 0.6) is 0 Å². The summed E-state index contributed by atoms with van der Waals surface area (Å²) < 4.78 is 1.05. The Hall–Kier alpha value is -0.520. The van der Waals surface area contributed by atoms with Gasteiger partial charge in [0.25, 0.3) is 0 Å². The number of hydrogen-bond acceptors (Lipinski definition) is 4. The van der Waals surface area contributed by atoms with Gasteiger partial charge in [-0.25, -0.2) is 4.98 Å². The van der Waals surface area contributed by atoms with Crippen molar-refractivity contribution in [3.05, 3.63) is 26.3 Å². The van der Waals surface area contributed by atoms with E-state index in [9.17, 15) is 4.79 Å². The predicted molar refractivity (Wildman–Crippen MR) is 58.5 cm³/mol. The van der Waals surface area contributed by atoms with Gasteiger partial charge in [-0.05, 0) is 22.0 Å². The summed E-state index contributed by atoms with van der Waals surface area (Å²) >= 11 is 6.34. The minimum Gasteiger partial charge on any atom is -0.295 e. The van der Waals surface area contributed by atoms with Gasteiger partial charge >= 0.3 is 0 Å². The molecule has 0 spiro atoms. The number of aldehydes is 1. The zero-order valence-electron chi connectivity index (χ0n) is 6.36. The van der Waals surface area contributed by atoms with Gasteiger partial charge in [0.05, 0.1) is 10.6 Å². The van der Waals surface area contributed by atoms with Gasteiger partial charge in [0.15, 0.2) is 11.3 Å². The molecule has 2 rings (SSSR count). The summed E-state index contributed by atoms with van der Waals surface area (Å²) in [6.07, 6.45) is 0.775. The number of hydrogen-bond donors (Lipinski definition) is 0. The van der Waals surface area contributed by atoms with Gasteiger partial charge in [-0.15, -0.1) is 22.7 Å². The van der Waals surface area contributed by atoms with Crippen molar-refractivity contribution in [2.45, 2.75) is 0 Å². The molecule has 0 saturated carbocycles. The molecule has 0 atom stereocenters. The molecule has 0 fully saturated rings. The summed E-state index contributed by atoms with van der Waals surface area (Å²) in [6.45, 7) is 0. The third kappa shape index (κ3) is 1.87. The van der Waals surface area contributed by atoms with Crippen LogP contribution < -0.4 is 0 Å². The monoisotopic (exact) mass is 273 g/mol. The zero-order valence-corrected chi connectivity index (χ0v) is 9.58. The quantitative estimate of drug-likeness (QED) is 0.785. The van der Waals surface area contributed by atoms with Crippen LogP contribution in [0.1, 0.15) is 9.80 Å². The topological polar surface area (TPSA) is 30.0 Å². The number of carbonyl (C=O) groups is 1. The van der Waals surface area contributed by atoms with Crippen LogP contribution in [-0.4, -0.2) is 11.3 Å². The molecule has 0 amide bonds. The molecule has 0 bridgehead atoms. The highest BCUT2D eigenvalue weighted by Gasteiger charge is 2.05. The Kier molecular flexibility index (Phi) is 2.57. The molecular formula is C8H4BrNOS2. The average Bonchev–Trinajstić information content (AvgIpc) is 2.71. The number of nitrogens with zero attached hydrogens (tertiary/aromatic N) is 1. The number of carbonyl (C=O) groups excluding carboxylic acids is 1. The summed E-state index contributed by atoms with van der Waals surface area (Å²) in [7, 11) is 0. The molecule has 0 aliphatic heterocycles. The van der Waals surface area contributed by atoms with Crippen molar-refractivity contribution >= 4 is 44.9 Å². The van der Waals surface area contributed by atoms with Crippen molar-refractivity contribution in [2.75, 3.05) is 0 Å². The van der Waals surface area contributed by atoms with Crippen molar-refractivity contribution in [1.82, 2.24) is 4.98 Å². The third-order valence-corrected chi connectivity index (χ3v) is 3.93. The summed E-state index contributed by atoms with van der Waals surface area (Å²) in [5.41, 5.74) is 0.878. The molecule has 66 valence electrons. The molecule has 0 unspecified atom stereocenters. The lowest BCUT2D eigenvalue weighted by Gasteiger charge is -1.85. The molecule has 13 heavy (non-hydrogen) atoms. The van der Waals surface area contributed by atoms with E-state index >= 15 is 0 Å². The van der Waals surface area contributed by atoms with E-state index < -0.39 is 0 Å². The van der Waals surface area contributed by atoms with Gasteiger partial charge in [0.1, 0.15) is 0 Å². The van der Waals surface area contributed by atoms with E-state index in [0.717, 1.165) is 21.3 Å². The second kappa shape index (κ2) is 3.69. The molecule has 0 aromatic carbocycles. The lowest BCUT2D eigenvalue weighted by molar-refractivity contribution is 0.112. The summed E-state index contributed by atoms with van der Waals surface area (Å²) in [4.78, 5) is 15.6. The van der Waals surface area contributed by atoms with E-state index in [1.165, 1.54) is 11.3 Å². The Morgan fingerprint density at radius 3 is 2.77 bits per heavy atom. The van der Waals surface area contributed by atoms with Gasteiger partial charge in [0, 0.05) is 15.2 Å². The number of rotatable bonds is 2. The van der Waals surface area contributed by atoms with Crippen molar-refractivity contribution < 1.29 is 4.79 Å². The molecule has 0 aliphatic rings. The largest absolute Gasteiger partial charge is 0.295 e. The highest BCUT2D eigenvalue weighted by atomic mass is 79.9. The van der Waals surface area contributed by atoms with Crippen LogP contribution in [0.3, 0.4) is 0 Å². The van der Waals surface area contributed by atoms with Crippen molar-refractivity contribution in [3.63, 3.8) is 0 Å². The summed E-state index contributed by atoms with van der Waals surface area (Å²) in [6, 6.07) is 1.99. The summed E-state index contributed by atoms with van der Waals surface area (Å²) in [5.74, 6) is 0. The molecule has 5 heteroatoms. The smallest absolute Gasteiger partial charge is 0.178 e. The van der Waals surface area contributed by atoms with Gasteiger partial charge < -0.3 is 0 Å². The fourth-order valence-electron chi connectivity index (χ4n) is 0.902. The molecule has 2 aromatic heterocycles. The van der Waals surface area contributed by atoms with Crippen LogP contribution in [0.15, 0.2) is 21.3 Å². The maximum atomic E-state index is 10.4. The van der Waals surface area contributed by atoms with Gasteiger partial charge in [-0.1, -0.05) is 0 Å². The van der Waals surface area contributed by atoms with Crippen LogP contribution in [-0.2, 0) is 0 Å². The first-order valence-corrected chi connectivity index (χ1v) is 6.00. The van der Waals surface area contributed by atoms with Gasteiger partial charge in [-0.3, -0.25) is 4.79 Å². The third-order valence-electron chi connectivity index (χ3n) is 1.44. The minimum absolute atomic E-state index is 0.527. The highest BCUT2D eigenvalue weighted by molar-refractivity contribution is 9.10. The van der Waals surface area contributed by atoms with Gasteiger partial charge in [-0.2, -0.15) is 0 Å².